The van der Waals surface area contributed by atoms with Gasteiger partial charge in [0.2, 0.25) is 0 Å². The summed E-state index contributed by atoms with van der Waals surface area (Å²) in [7, 11) is 0. The molecular formula is C14H13NO3S. The number of aromatic nitrogens is 1. The maximum absolute atomic E-state index is 10.8. The fourth-order valence-electron chi connectivity index (χ4n) is 1.94. The molecular weight excluding hydrogens is 262 g/mol. The fourth-order valence-corrected chi connectivity index (χ4v) is 3.32. The molecule has 0 aliphatic heterocycles. The highest BCUT2D eigenvalue weighted by Gasteiger charge is 2.21. The summed E-state index contributed by atoms with van der Waals surface area (Å²) in [6.45, 7) is 0. The molecule has 19 heavy (non-hydrogen) atoms. The van der Waals surface area contributed by atoms with E-state index in [-0.39, 0.29) is 5.69 Å². The van der Waals surface area contributed by atoms with Gasteiger partial charge in [0.05, 0.1) is 0 Å². The maximum atomic E-state index is 10.8. The van der Waals surface area contributed by atoms with Gasteiger partial charge in [0, 0.05) is 21.8 Å². The number of hydrogen-bond donors (Lipinski definition) is 1. The van der Waals surface area contributed by atoms with Crippen LogP contribution in [0, 0.1) is 0 Å². The smallest absolute Gasteiger partial charge is 0.358 e. The van der Waals surface area contributed by atoms with Crippen molar-refractivity contribution in [1.29, 1.82) is 0 Å². The lowest BCUT2D eigenvalue weighted by molar-refractivity contribution is 0.0686. The Labute approximate surface area is 114 Å². The van der Waals surface area contributed by atoms with Crippen LogP contribution >= 0.6 is 11.8 Å². The molecule has 0 radical (unpaired) electrons. The van der Waals surface area contributed by atoms with E-state index < -0.39 is 5.97 Å². The first-order valence-corrected chi connectivity index (χ1v) is 7.08. The van der Waals surface area contributed by atoms with Crippen LogP contribution in [0.15, 0.2) is 39.8 Å². The quantitative estimate of drug-likeness (QED) is 0.922. The van der Waals surface area contributed by atoms with E-state index in [0.717, 1.165) is 10.5 Å². The van der Waals surface area contributed by atoms with E-state index in [1.165, 1.54) is 25.3 Å². The van der Waals surface area contributed by atoms with Gasteiger partial charge in [-0.25, -0.2) is 4.79 Å². The van der Waals surface area contributed by atoms with E-state index in [4.69, 9.17) is 9.63 Å². The van der Waals surface area contributed by atoms with Crippen molar-refractivity contribution in [3.8, 4) is 11.3 Å². The Balaban J connectivity index is 1.91. The highest BCUT2D eigenvalue weighted by molar-refractivity contribution is 8.00. The first-order chi connectivity index (χ1) is 9.24. The zero-order valence-electron chi connectivity index (χ0n) is 10.2. The predicted octanol–water partition coefficient (Wildman–Crippen LogP) is 3.68. The van der Waals surface area contributed by atoms with Crippen LogP contribution in [0.5, 0.6) is 0 Å². The number of thioether (sulfide) groups is 1. The molecule has 5 heteroatoms. The van der Waals surface area contributed by atoms with Crippen LogP contribution in [0.1, 0.15) is 29.8 Å². The van der Waals surface area contributed by atoms with E-state index in [1.807, 2.05) is 36.0 Å². The molecule has 1 aliphatic rings. The van der Waals surface area contributed by atoms with Crippen LogP contribution in [0.3, 0.4) is 0 Å². The van der Waals surface area contributed by atoms with Crippen LogP contribution in [0.25, 0.3) is 11.3 Å². The third kappa shape index (κ3) is 2.51. The second-order valence-corrected chi connectivity index (χ2v) is 5.89. The number of carboxylic acid groups (broad SMARTS) is 1. The highest BCUT2D eigenvalue weighted by Crippen LogP contribution is 2.40. The lowest BCUT2D eigenvalue weighted by Crippen LogP contribution is -2.12. The number of carboxylic acids is 1. The lowest BCUT2D eigenvalue weighted by Gasteiger charge is -2.25. The summed E-state index contributed by atoms with van der Waals surface area (Å²) in [5.41, 5.74) is 0.859. The van der Waals surface area contributed by atoms with Gasteiger partial charge in [-0.2, -0.15) is 0 Å². The average molecular weight is 275 g/mol. The van der Waals surface area contributed by atoms with E-state index in [1.54, 1.807) is 0 Å². The fraction of sp³-hybridized carbons (Fsp3) is 0.286. The Kier molecular flexibility index (Phi) is 3.29. The van der Waals surface area contributed by atoms with Gasteiger partial charge in [-0.15, -0.1) is 11.8 Å². The van der Waals surface area contributed by atoms with Crippen molar-refractivity contribution < 1.29 is 14.4 Å². The number of hydrogen-bond acceptors (Lipinski definition) is 4. The molecule has 0 bridgehead atoms. The van der Waals surface area contributed by atoms with Crippen LogP contribution < -0.4 is 0 Å². The first-order valence-electron chi connectivity index (χ1n) is 6.20. The maximum Gasteiger partial charge on any atom is 0.358 e. The van der Waals surface area contributed by atoms with Crippen molar-refractivity contribution in [2.45, 2.75) is 29.4 Å². The van der Waals surface area contributed by atoms with Crippen LogP contribution in [-0.2, 0) is 0 Å². The molecule has 1 N–H and O–H groups in total. The molecule has 1 aromatic heterocycles. The molecule has 0 unspecified atom stereocenters. The molecule has 3 rings (SSSR count). The highest BCUT2D eigenvalue weighted by atomic mass is 32.2. The van der Waals surface area contributed by atoms with E-state index in [2.05, 4.69) is 5.16 Å². The van der Waals surface area contributed by atoms with Crippen molar-refractivity contribution >= 4 is 17.7 Å². The van der Waals surface area contributed by atoms with Crippen molar-refractivity contribution in [2.24, 2.45) is 0 Å². The minimum atomic E-state index is -1.07. The van der Waals surface area contributed by atoms with E-state index >= 15 is 0 Å². The number of nitrogens with zero attached hydrogens (tertiary/aromatic N) is 1. The van der Waals surface area contributed by atoms with Gasteiger partial charge in [0.25, 0.3) is 0 Å². The number of rotatable bonds is 4. The molecule has 1 fully saturated rings. The first kappa shape index (κ1) is 12.3. The molecule has 4 nitrogen and oxygen atoms in total. The van der Waals surface area contributed by atoms with Gasteiger partial charge in [0.15, 0.2) is 11.5 Å². The van der Waals surface area contributed by atoms with Gasteiger partial charge >= 0.3 is 5.97 Å². The minimum Gasteiger partial charge on any atom is -0.476 e. The SMILES string of the molecule is O=C(O)c1cc(-c2ccccc2SC2CCC2)on1. The topological polar surface area (TPSA) is 63.3 Å². The third-order valence-corrected chi connectivity index (χ3v) is 4.64. The Morgan fingerprint density at radius 2 is 2.16 bits per heavy atom. The Morgan fingerprint density at radius 1 is 1.37 bits per heavy atom. The number of aromatic carboxylic acids is 1. The van der Waals surface area contributed by atoms with E-state index in [0.29, 0.717) is 11.0 Å². The molecule has 98 valence electrons. The Hall–Kier alpha value is -1.75. The van der Waals surface area contributed by atoms with Gasteiger partial charge in [-0.1, -0.05) is 23.7 Å². The Morgan fingerprint density at radius 3 is 2.79 bits per heavy atom. The molecule has 0 spiro atoms. The normalized spacial score (nSPS) is 15.2. The lowest BCUT2D eigenvalue weighted by atomic mass is 10.00. The standard InChI is InChI=1S/C14H13NO3S/c16-14(17)11-8-12(18-15-11)10-6-1-2-7-13(10)19-9-4-3-5-9/h1-2,6-9H,3-5H2,(H,16,17). The van der Waals surface area contributed by atoms with Crippen LogP contribution in [-0.4, -0.2) is 21.5 Å². The molecule has 0 saturated heterocycles. The molecule has 0 atom stereocenters. The molecule has 1 aromatic carbocycles. The second-order valence-electron chi connectivity index (χ2n) is 4.55. The molecule has 1 heterocycles. The van der Waals surface area contributed by atoms with Crippen LogP contribution in [0.2, 0.25) is 0 Å². The number of benzene rings is 1. The summed E-state index contributed by atoms with van der Waals surface area (Å²) in [4.78, 5) is 12.0. The molecule has 1 aliphatic carbocycles. The van der Waals surface area contributed by atoms with Gasteiger partial charge in [-0.3, -0.25) is 0 Å². The molecule has 0 amide bonds. The van der Waals surface area contributed by atoms with Crippen molar-refractivity contribution in [2.75, 3.05) is 0 Å². The summed E-state index contributed by atoms with van der Waals surface area (Å²) in [5, 5.41) is 13.1. The summed E-state index contributed by atoms with van der Waals surface area (Å²) < 4.78 is 5.14. The molecule has 2 aromatic rings. The zero-order chi connectivity index (χ0) is 13.2. The van der Waals surface area contributed by atoms with Gasteiger partial charge < -0.3 is 9.63 Å². The second kappa shape index (κ2) is 5.09. The largest absolute Gasteiger partial charge is 0.476 e. The van der Waals surface area contributed by atoms with Gasteiger partial charge in [-0.05, 0) is 25.0 Å². The zero-order valence-corrected chi connectivity index (χ0v) is 11.0. The minimum absolute atomic E-state index is 0.0570. The van der Waals surface area contributed by atoms with Gasteiger partial charge in [0.1, 0.15) is 0 Å². The summed E-state index contributed by atoms with van der Waals surface area (Å²) in [6, 6.07) is 9.36. The monoisotopic (exact) mass is 275 g/mol. The molecule has 1 saturated carbocycles. The third-order valence-electron chi connectivity index (χ3n) is 3.23. The predicted molar refractivity (Wildman–Crippen MR) is 72.4 cm³/mol. The van der Waals surface area contributed by atoms with Crippen molar-refractivity contribution in [3.05, 3.63) is 36.0 Å². The number of carbonyl (C=O) groups is 1. The summed E-state index contributed by atoms with van der Waals surface area (Å²) in [5.74, 6) is -0.557. The average Bonchev–Trinajstić information content (AvgIpc) is 2.84. The summed E-state index contributed by atoms with van der Waals surface area (Å²) >= 11 is 1.83. The summed E-state index contributed by atoms with van der Waals surface area (Å²) in [6.07, 6.45) is 3.79. The Bertz CT molecular complexity index is 604. The van der Waals surface area contributed by atoms with Crippen LogP contribution in [0.4, 0.5) is 0 Å². The van der Waals surface area contributed by atoms with Crippen molar-refractivity contribution in [1.82, 2.24) is 5.16 Å². The van der Waals surface area contributed by atoms with E-state index in [9.17, 15) is 4.79 Å². The van der Waals surface area contributed by atoms with Crippen molar-refractivity contribution in [3.63, 3.8) is 0 Å².